The summed E-state index contributed by atoms with van der Waals surface area (Å²) in [6.07, 6.45) is 0. The molecule has 0 radical (unpaired) electrons. The minimum absolute atomic E-state index is 0.0522. The second kappa shape index (κ2) is 6.95. The van der Waals surface area contributed by atoms with Crippen LogP contribution in [-0.2, 0) is 9.53 Å². The van der Waals surface area contributed by atoms with Crippen molar-refractivity contribution in [1.29, 1.82) is 0 Å². The Hall–Kier alpha value is -1.63. The highest BCUT2D eigenvalue weighted by Crippen LogP contribution is 2.30. The van der Waals surface area contributed by atoms with Crippen LogP contribution in [0, 0.1) is 15.9 Å². The number of carbonyl (C=O) groups excluding carboxylic acids is 1. The molecule has 1 rings (SSSR count). The minimum Gasteiger partial charge on any atom is -0.468 e. The van der Waals surface area contributed by atoms with E-state index in [9.17, 15) is 19.3 Å². The maximum absolute atomic E-state index is 13.5. The first-order chi connectivity index (χ1) is 8.54. The molecule has 1 atom stereocenters. The van der Waals surface area contributed by atoms with Crippen molar-refractivity contribution in [3.63, 3.8) is 0 Å². The normalized spacial score (nSPS) is 11.9. The van der Waals surface area contributed by atoms with Gasteiger partial charge in [-0.15, -0.1) is 11.8 Å². The molecule has 0 N–H and O–H groups in total. The molecule has 0 spiro atoms. The molecule has 0 amide bonds. The smallest absolute Gasteiger partial charge is 0.315 e. The highest BCUT2D eigenvalue weighted by molar-refractivity contribution is 8.00. The van der Waals surface area contributed by atoms with E-state index in [0.29, 0.717) is 0 Å². The van der Waals surface area contributed by atoms with Gasteiger partial charge in [0.2, 0.25) is 6.54 Å². The van der Waals surface area contributed by atoms with Crippen LogP contribution >= 0.6 is 11.8 Å². The Morgan fingerprint density at radius 2 is 2.22 bits per heavy atom. The molecule has 0 fully saturated rings. The molecule has 1 aromatic carbocycles. The number of halogens is 1. The fourth-order valence-electron chi connectivity index (χ4n) is 1.34. The van der Waals surface area contributed by atoms with Crippen LogP contribution in [0.25, 0.3) is 0 Å². The average molecular weight is 273 g/mol. The molecule has 0 heterocycles. The predicted octanol–water partition coefficient (Wildman–Crippen LogP) is 2.05. The van der Waals surface area contributed by atoms with Crippen molar-refractivity contribution in [1.82, 2.24) is 0 Å². The van der Waals surface area contributed by atoms with Gasteiger partial charge in [-0.1, -0.05) is 18.2 Å². The third-order valence-electron chi connectivity index (χ3n) is 2.20. The van der Waals surface area contributed by atoms with E-state index in [-0.39, 0.29) is 11.3 Å². The first-order valence-electron chi connectivity index (χ1n) is 5.09. The zero-order chi connectivity index (χ0) is 13.5. The van der Waals surface area contributed by atoms with Gasteiger partial charge < -0.3 is 4.74 Å². The van der Waals surface area contributed by atoms with Crippen molar-refractivity contribution in [3.05, 3.63) is 45.8 Å². The Kier molecular flexibility index (Phi) is 5.57. The van der Waals surface area contributed by atoms with E-state index in [4.69, 9.17) is 0 Å². The number of nitrogens with zero attached hydrogens (tertiary/aromatic N) is 1. The van der Waals surface area contributed by atoms with E-state index in [2.05, 4.69) is 4.74 Å². The van der Waals surface area contributed by atoms with Gasteiger partial charge in [-0.2, -0.15) is 0 Å². The van der Waals surface area contributed by atoms with Crippen molar-refractivity contribution < 1.29 is 18.8 Å². The first kappa shape index (κ1) is 14.4. The molecule has 0 aliphatic carbocycles. The number of hydrogen-bond donors (Lipinski definition) is 0. The molecule has 0 aromatic heterocycles. The molecule has 5 nitrogen and oxygen atoms in total. The Balaban J connectivity index is 2.81. The summed E-state index contributed by atoms with van der Waals surface area (Å²) in [5.74, 6) is -1.06. The van der Waals surface area contributed by atoms with Crippen LogP contribution in [0.5, 0.6) is 0 Å². The van der Waals surface area contributed by atoms with Crippen LogP contribution < -0.4 is 0 Å². The molecule has 1 unspecified atom stereocenters. The number of thioether (sulfide) groups is 1. The van der Waals surface area contributed by atoms with Gasteiger partial charge in [-0.05, 0) is 6.07 Å². The molecule has 0 bridgehead atoms. The van der Waals surface area contributed by atoms with E-state index in [0.717, 1.165) is 11.8 Å². The summed E-state index contributed by atoms with van der Waals surface area (Å²) in [5, 5.41) is 9.85. The molecule has 18 heavy (non-hydrogen) atoms. The largest absolute Gasteiger partial charge is 0.468 e. The predicted molar refractivity (Wildman–Crippen MR) is 65.5 cm³/mol. The van der Waals surface area contributed by atoms with Crippen LogP contribution in [0.1, 0.15) is 10.8 Å². The van der Waals surface area contributed by atoms with Gasteiger partial charge in [0.1, 0.15) is 5.82 Å². The zero-order valence-corrected chi connectivity index (χ0v) is 10.5. The Bertz CT molecular complexity index is 441. The lowest BCUT2D eigenvalue weighted by atomic mass is 10.1. The van der Waals surface area contributed by atoms with Crippen LogP contribution in [0.3, 0.4) is 0 Å². The third kappa shape index (κ3) is 4.33. The fraction of sp³-hybridized carbons (Fsp3) is 0.364. The highest BCUT2D eigenvalue weighted by Gasteiger charge is 2.22. The third-order valence-corrected chi connectivity index (χ3v) is 3.40. The van der Waals surface area contributed by atoms with Crippen LogP contribution in [0.2, 0.25) is 0 Å². The summed E-state index contributed by atoms with van der Waals surface area (Å²) in [7, 11) is 1.23. The standard InChI is InChI=1S/C11H12FNO4S/c1-17-11(14)7-18-10(6-13(15)16)8-4-2-3-5-9(8)12/h2-5,10H,6-7H2,1H3. The minimum atomic E-state index is -0.708. The summed E-state index contributed by atoms with van der Waals surface area (Å²) in [6, 6.07) is 5.83. The molecular weight excluding hydrogens is 261 g/mol. The topological polar surface area (TPSA) is 69.4 Å². The number of carbonyl (C=O) groups is 1. The van der Waals surface area contributed by atoms with Crippen molar-refractivity contribution >= 4 is 17.7 Å². The second-order valence-electron chi connectivity index (χ2n) is 3.41. The van der Waals surface area contributed by atoms with Crippen LogP contribution in [-0.4, -0.2) is 30.3 Å². The SMILES string of the molecule is COC(=O)CSC(C[N+](=O)[O-])c1ccccc1F. The zero-order valence-electron chi connectivity index (χ0n) is 9.67. The lowest BCUT2D eigenvalue weighted by molar-refractivity contribution is -0.479. The van der Waals surface area contributed by atoms with Crippen LogP contribution in [0.4, 0.5) is 4.39 Å². The summed E-state index contributed by atoms with van der Waals surface area (Å²) in [5.41, 5.74) is 0.225. The number of benzene rings is 1. The van der Waals surface area contributed by atoms with Crippen molar-refractivity contribution in [2.75, 3.05) is 19.4 Å². The Morgan fingerprint density at radius 1 is 1.56 bits per heavy atom. The Labute approximate surface area is 107 Å². The van der Waals surface area contributed by atoms with E-state index in [1.807, 2.05) is 0 Å². The van der Waals surface area contributed by atoms with E-state index < -0.39 is 28.5 Å². The summed E-state index contributed by atoms with van der Waals surface area (Å²) < 4.78 is 18.0. The average Bonchev–Trinajstić information content (AvgIpc) is 2.34. The van der Waals surface area contributed by atoms with Gasteiger partial charge in [0, 0.05) is 10.5 Å². The maximum Gasteiger partial charge on any atom is 0.315 e. The van der Waals surface area contributed by atoms with Crippen molar-refractivity contribution in [3.8, 4) is 0 Å². The number of esters is 1. The molecule has 98 valence electrons. The summed E-state index contributed by atoms with van der Waals surface area (Å²) in [6.45, 7) is -0.442. The van der Waals surface area contributed by atoms with Crippen molar-refractivity contribution in [2.45, 2.75) is 5.25 Å². The van der Waals surface area contributed by atoms with Gasteiger partial charge in [-0.25, -0.2) is 4.39 Å². The van der Waals surface area contributed by atoms with Crippen LogP contribution in [0.15, 0.2) is 24.3 Å². The number of nitro groups is 1. The van der Waals surface area contributed by atoms with E-state index in [1.165, 1.54) is 25.3 Å². The number of rotatable bonds is 6. The molecule has 0 aliphatic heterocycles. The lowest BCUT2D eigenvalue weighted by Crippen LogP contribution is -2.14. The summed E-state index contributed by atoms with van der Waals surface area (Å²) >= 11 is 0.994. The molecule has 0 saturated carbocycles. The molecule has 7 heteroatoms. The fourth-order valence-corrected chi connectivity index (χ4v) is 2.39. The molecule has 1 aromatic rings. The van der Waals surface area contributed by atoms with Gasteiger partial charge in [0.25, 0.3) is 0 Å². The second-order valence-corrected chi connectivity index (χ2v) is 4.60. The summed E-state index contributed by atoms with van der Waals surface area (Å²) in [4.78, 5) is 21.0. The first-order valence-corrected chi connectivity index (χ1v) is 6.14. The monoisotopic (exact) mass is 273 g/mol. The van der Waals surface area contributed by atoms with Gasteiger partial charge in [-0.3, -0.25) is 14.9 Å². The van der Waals surface area contributed by atoms with E-state index in [1.54, 1.807) is 6.07 Å². The highest BCUT2D eigenvalue weighted by atomic mass is 32.2. The molecular formula is C11H12FNO4S. The number of hydrogen-bond acceptors (Lipinski definition) is 5. The van der Waals surface area contributed by atoms with Crippen molar-refractivity contribution in [2.24, 2.45) is 0 Å². The Morgan fingerprint density at radius 3 is 2.78 bits per heavy atom. The van der Waals surface area contributed by atoms with E-state index >= 15 is 0 Å². The number of methoxy groups -OCH3 is 1. The van der Waals surface area contributed by atoms with Gasteiger partial charge in [0.05, 0.1) is 18.1 Å². The molecule has 0 saturated heterocycles. The lowest BCUT2D eigenvalue weighted by Gasteiger charge is -2.12. The number of ether oxygens (including phenoxy) is 1. The quantitative estimate of drug-likeness (QED) is 0.450. The maximum atomic E-state index is 13.5. The molecule has 0 aliphatic rings. The van der Waals surface area contributed by atoms with Gasteiger partial charge in [0.15, 0.2) is 0 Å². The van der Waals surface area contributed by atoms with Gasteiger partial charge >= 0.3 is 5.97 Å².